The Hall–Kier alpha value is -0.0800. The summed E-state index contributed by atoms with van der Waals surface area (Å²) in [4.78, 5) is 2.60. The molecular formula is C17H41NO. The SMILES string of the molecule is CC.CCCC.CCCCN1CCCCC1.CCO. The fourth-order valence-corrected chi connectivity index (χ4v) is 1.56. The molecule has 1 fully saturated rings. The number of hydrogen-bond donors (Lipinski definition) is 1. The zero-order chi connectivity index (χ0) is 15.4. The first-order valence-electron chi connectivity index (χ1n) is 8.59. The summed E-state index contributed by atoms with van der Waals surface area (Å²) in [5.41, 5.74) is 0. The van der Waals surface area contributed by atoms with Crippen molar-refractivity contribution >= 4 is 0 Å². The Balaban J connectivity index is -0.000000239. The van der Waals surface area contributed by atoms with Crippen LogP contribution in [0.15, 0.2) is 0 Å². The topological polar surface area (TPSA) is 23.5 Å². The smallest absolute Gasteiger partial charge is 0.0402 e. The lowest BCUT2D eigenvalue weighted by atomic mass is 10.1. The predicted octanol–water partition coefficient (Wildman–Crippen LogP) is 5.10. The van der Waals surface area contributed by atoms with E-state index in [9.17, 15) is 0 Å². The first-order valence-corrected chi connectivity index (χ1v) is 8.59. The second-order valence-corrected chi connectivity index (χ2v) is 4.57. The Labute approximate surface area is 123 Å². The summed E-state index contributed by atoms with van der Waals surface area (Å²) in [6.07, 6.45) is 9.70. The molecule has 0 aromatic carbocycles. The molecule has 1 N–H and O–H groups in total. The molecule has 0 aliphatic carbocycles. The van der Waals surface area contributed by atoms with Crippen LogP contribution in [0, 0.1) is 0 Å². The van der Waals surface area contributed by atoms with Crippen LogP contribution in [0.5, 0.6) is 0 Å². The maximum Gasteiger partial charge on any atom is 0.0402 e. The Bertz CT molecular complexity index is 110. The monoisotopic (exact) mass is 275 g/mol. The van der Waals surface area contributed by atoms with Gasteiger partial charge in [0, 0.05) is 6.61 Å². The van der Waals surface area contributed by atoms with E-state index in [4.69, 9.17) is 5.11 Å². The van der Waals surface area contributed by atoms with Gasteiger partial charge in [0.15, 0.2) is 0 Å². The minimum absolute atomic E-state index is 0.250. The van der Waals surface area contributed by atoms with Crippen LogP contribution >= 0.6 is 0 Å². The van der Waals surface area contributed by atoms with Gasteiger partial charge in [0.25, 0.3) is 0 Å². The molecule has 0 radical (unpaired) electrons. The molecule has 0 aromatic rings. The third-order valence-corrected chi connectivity index (χ3v) is 2.78. The van der Waals surface area contributed by atoms with Gasteiger partial charge in [-0.25, -0.2) is 0 Å². The van der Waals surface area contributed by atoms with Gasteiger partial charge in [0.1, 0.15) is 0 Å². The summed E-state index contributed by atoms with van der Waals surface area (Å²) in [5, 5.41) is 7.57. The molecule has 1 aliphatic rings. The number of aliphatic hydroxyl groups excluding tert-OH is 1. The number of aliphatic hydroxyl groups is 1. The first-order chi connectivity index (χ1) is 9.26. The summed E-state index contributed by atoms with van der Waals surface area (Å²) < 4.78 is 0. The van der Waals surface area contributed by atoms with Crippen molar-refractivity contribution in [3.05, 3.63) is 0 Å². The van der Waals surface area contributed by atoms with Crippen LogP contribution in [0.3, 0.4) is 0 Å². The van der Waals surface area contributed by atoms with E-state index in [1.807, 2.05) is 13.8 Å². The molecule has 1 aliphatic heterocycles. The lowest BCUT2D eigenvalue weighted by molar-refractivity contribution is 0.226. The third-order valence-electron chi connectivity index (χ3n) is 2.78. The highest BCUT2D eigenvalue weighted by Crippen LogP contribution is 2.08. The van der Waals surface area contributed by atoms with Gasteiger partial charge in [0.05, 0.1) is 0 Å². The van der Waals surface area contributed by atoms with Crippen molar-refractivity contribution in [3.8, 4) is 0 Å². The molecule has 0 amide bonds. The standard InChI is InChI=1S/C9H19N.C4H10.C2H6O.C2H6/c1-2-3-7-10-8-5-4-6-9-10;1-3-4-2;1-2-3;1-2/h2-9H2,1H3;3-4H2,1-2H3;3H,2H2,1H3;1-2H3. The van der Waals surface area contributed by atoms with Crippen LogP contribution in [-0.4, -0.2) is 36.2 Å². The molecule has 0 saturated carbocycles. The molecule has 0 atom stereocenters. The van der Waals surface area contributed by atoms with Gasteiger partial charge in [-0.2, -0.15) is 0 Å². The first kappa shape index (κ1) is 24.0. The average molecular weight is 276 g/mol. The van der Waals surface area contributed by atoms with E-state index in [0.29, 0.717) is 0 Å². The summed E-state index contributed by atoms with van der Waals surface area (Å²) in [6, 6.07) is 0. The molecule has 19 heavy (non-hydrogen) atoms. The second-order valence-electron chi connectivity index (χ2n) is 4.57. The van der Waals surface area contributed by atoms with Gasteiger partial charge in [-0.1, -0.05) is 60.3 Å². The van der Waals surface area contributed by atoms with E-state index in [1.165, 1.54) is 64.6 Å². The second kappa shape index (κ2) is 26.5. The van der Waals surface area contributed by atoms with E-state index < -0.39 is 0 Å². The molecule has 1 heterocycles. The zero-order valence-electron chi connectivity index (χ0n) is 14.7. The van der Waals surface area contributed by atoms with Gasteiger partial charge < -0.3 is 10.0 Å². The lowest BCUT2D eigenvalue weighted by Gasteiger charge is -2.25. The minimum Gasteiger partial charge on any atom is -0.397 e. The van der Waals surface area contributed by atoms with Crippen molar-refractivity contribution in [1.29, 1.82) is 0 Å². The maximum absolute atomic E-state index is 7.57. The van der Waals surface area contributed by atoms with Gasteiger partial charge >= 0.3 is 0 Å². The Morgan fingerprint density at radius 2 is 1.21 bits per heavy atom. The lowest BCUT2D eigenvalue weighted by Crippen LogP contribution is -2.30. The van der Waals surface area contributed by atoms with E-state index in [1.54, 1.807) is 6.92 Å². The molecule has 1 rings (SSSR count). The Morgan fingerprint density at radius 3 is 1.53 bits per heavy atom. The van der Waals surface area contributed by atoms with Crippen molar-refractivity contribution in [3.63, 3.8) is 0 Å². The van der Waals surface area contributed by atoms with Crippen molar-refractivity contribution in [2.45, 2.75) is 86.5 Å². The highest BCUT2D eigenvalue weighted by Gasteiger charge is 2.07. The fourth-order valence-electron chi connectivity index (χ4n) is 1.56. The van der Waals surface area contributed by atoms with Gasteiger partial charge in [0.2, 0.25) is 0 Å². The van der Waals surface area contributed by atoms with Gasteiger partial charge in [-0.15, -0.1) is 0 Å². The van der Waals surface area contributed by atoms with E-state index in [0.717, 1.165) is 0 Å². The van der Waals surface area contributed by atoms with Crippen LogP contribution in [0.4, 0.5) is 0 Å². The predicted molar refractivity (Wildman–Crippen MR) is 89.9 cm³/mol. The van der Waals surface area contributed by atoms with E-state index in [-0.39, 0.29) is 6.61 Å². The number of hydrogen-bond acceptors (Lipinski definition) is 2. The van der Waals surface area contributed by atoms with Crippen LogP contribution < -0.4 is 0 Å². The quantitative estimate of drug-likeness (QED) is 0.771. The van der Waals surface area contributed by atoms with Crippen molar-refractivity contribution in [2.75, 3.05) is 26.2 Å². The normalized spacial score (nSPS) is 14.1. The summed E-state index contributed by atoms with van der Waals surface area (Å²) >= 11 is 0. The van der Waals surface area contributed by atoms with Crippen LogP contribution in [0.2, 0.25) is 0 Å². The summed E-state index contributed by atoms with van der Waals surface area (Å²) in [6.45, 7) is 16.6. The highest BCUT2D eigenvalue weighted by molar-refractivity contribution is 4.63. The molecule has 2 heteroatoms. The Morgan fingerprint density at radius 1 is 0.789 bits per heavy atom. The minimum atomic E-state index is 0.250. The van der Waals surface area contributed by atoms with Crippen LogP contribution in [-0.2, 0) is 0 Å². The third kappa shape index (κ3) is 27.2. The maximum atomic E-state index is 7.57. The molecule has 0 bridgehead atoms. The number of rotatable bonds is 4. The summed E-state index contributed by atoms with van der Waals surface area (Å²) in [5.74, 6) is 0. The van der Waals surface area contributed by atoms with Gasteiger partial charge in [-0.3, -0.25) is 0 Å². The fraction of sp³-hybridized carbons (Fsp3) is 1.00. The number of unbranched alkanes of at least 4 members (excludes halogenated alkanes) is 2. The average Bonchev–Trinajstić information content (AvgIpc) is 2.49. The summed E-state index contributed by atoms with van der Waals surface area (Å²) in [7, 11) is 0. The van der Waals surface area contributed by atoms with E-state index >= 15 is 0 Å². The van der Waals surface area contributed by atoms with Crippen LogP contribution in [0.1, 0.15) is 86.5 Å². The van der Waals surface area contributed by atoms with Crippen molar-refractivity contribution < 1.29 is 5.11 Å². The van der Waals surface area contributed by atoms with Crippen molar-refractivity contribution in [1.82, 2.24) is 4.90 Å². The molecule has 2 nitrogen and oxygen atoms in total. The number of likely N-dealkylation sites (tertiary alicyclic amines) is 1. The molecule has 1 saturated heterocycles. The molecule has 0 unspecified atom stereocenters. The highest BCUT2D eigenvalue weighted by atomic mass is 16.2. The molecule has 0 aromatic heterocycles. The molecule has 120 valence electrons. The number of nitrogens with zero attached hydrogens (tertiary/aromatic N) is 1. The zero-order valence-corrected chi connectivity index (χ0v) is 14.7. The van der Waals surface area contributed by atoms with Gasteiger partial charge in [-0.05, 0) is 45.8 Å². The van der Waals surface area contributed by atoms with Crippen molar-refractivity contribution in [2.24, 2.45) is 0 Å². The molecular weight excluding hydrogens is 234 g/mol. The van der Waals surface area contributed by atoms with E-state index in [2.05, 4.69) is 25.7 Å². The largest absolute Gasteiger partial charge is 0.397 e. The number of piperidine rings is 1. The molecule has 0 spiro atoms. The van der Waals surface area contributed by atoms with Crippen LogP contribution in [0.25, 0.3) is 0 Å². The Kier molecular flexibility index (Phi) is 33.4.